The first-order valence-electron chi connectivity index (χ1n) is 9.90. The molecule has 2 aromatic rings. The molecule has 1 atom stereocenters. The summed E-state index contributed by atoms with van der Waals surface area (Å²) in [5.74, 6) is -0.256. The predicted molar refractivity (Wildman–Crippen MR) is 111 cm³/mol. The highest BCUT2D eigenvalue weighted by Gasteiger charge is 2.39. The molecular formula is C21H24ClN3O3S. The summed E-state index contributed by atoms with van der Waals surface area (Å²) < 4.78 is 27.5. The van der Waals surface area contributed by atoms with Crippen molar-refractivity contribution in [3.05, 3.63) is 59.4 Å². The Kier molecular flexibility index (Phi) is 5.90. The van der Waals surface area contributed by atoms with Gasteiger partial charge in [0, 0.05) is 43.1 Å². The van der Waals surface area contributed by atoms with Crippen LogP contribution in [0.1, 0.15) is 31.2 Å². The molecule has 1 aliphatic carbocycles. The highest BCUT2D eigenvalue weighted by molar-refractivity contribution is 7.89. The zero-order chi connectivity index (χ0) is 20.4. The summed E-state index contributed by atoms with van der Waals surface area (Å²) in [7, 11) is -3.64. The van der Waals surface area contributed by atoms with Crippen LogP contribution in [0.15, 0.2) is 53.7 Å². The molecule has 2 fully saturated rings. The van der Waals surface area contributed by atoms with E-state index in [2.05, 4.69) is 4.98 Å². The van der Waals surface area contributed by atoms with Gasteiger partial charge in [-0.3, -0.25) is 9.78 Å². The summed E-state index contributed by atoms with van der Waals surface area (Å²) in [4.78, 5) is 19.5. The summed E-state index contributed by atoms with van der Waals surface area (Å²) in [6.45, 7) is 1.21. The highest BCUT2D eigenvalue weighted by atomic mass is 35.5. The molecule has 2 heterocycles. The lowest BCUT2D eigenvalue weighted by Gasteiger charge is -2.34. The second kappa shape index (κ2) is 8.42. The van der Waals surface area contributed by atoms with Gasteiger partial charge in [0.25, 0.3) is 0 Å². The molecule has 0 radical (unpaired) electrons. The number of carbonyl (C=O) groups excluding carboxylic acids is 1. The van der Waals surface area contributed by atoms with Gasteiger partial charge in [0.1, 0.15) is 0 Å². The fourth-order valence-corrected chi connectivity index (χ4v) is 5.46. The van der Waals surface area contributed by atoms with E-state index in [-0.39, 0.29) is 29.3 Å². The van der Waals surface area contributed by atoms with Crippen LogP contribution in [0.2, 0.25) is 5.02 Å². The monoisotopic (exact) mass is 433 g/mol. The van der Waals surface area contributed by atoms with Crippen molar-refractivity contribution in [2.75, 3.05) is 13.1 Å². The number of amides is 1. The van der Waals surface area contributed by atoms with E-state index in [4.69, 9.17) is 11.6 Å². The van der Waals surface area contributed by atoms with E-state index in [1.165, 1.54) is 16.4 Å². The number of benzene rings is 1. The number of nitrogens with zero attached hydrogens (tertiary/aromatic N) is 3. The standard InChI is InChI=1S/C21H24ClN3O3S/c22-18-3-7-20(8-4-18)29(27,28)24-13-1-2-17(15-24)21(26)25(19-5-6-19)14-16-9-11-23-12-10-16/h3-4,7-12,17,19H,1-2,5-6,13-15H2. The number of pyridine rings is 1. The maximum Gasteiger partial charge on any atom is 0.243 e. The van der Waals surface area contributed by atoms with Gasteiger partial charge in [-0.2, -0.15) is 4.31 Å². The van der Waals surface area contributed by atoms with Crippen molar-refractivity contribution in [3.8, 4) is 0 Å². The third kappa shape index (κ3) is 4.63. The maximum atomic E-state index is 13.3. The van der Waals surface area contributed by atoms with E-state index >= 15 is 0 Å². The molecule has 0 N–H and O–H groups in total. The van der Waals surface area contributed by atoms with Crippen molar-refractivity contribution < 1.29 is 13.2 Å². The average Bonchev–Trinajstić information content (AvgIpc) is 3.58. The quantitative estimate of drug-likeness (QED) is 0.700. The number of sulfonamides is 1. The second-order valence-corrected chi connectivity index (χ2v) is 10.1. The number of aromatic nitrogens is 1. The fourth-order valence-electron chi connectivity index (χ4n) is 3.81. The molecule has 154 valence electrons. The summed E-state index contributed by atoms with van der Waals surface area (Å²) >= 11 is 5.89. The molecule has 1 unspecified atom stereocenters. The molecule has 6 nitrogen and oxygen atoms in total. The van der Waals surface area contributed by atoms with Crippen LogP contribution in [-0.4, -0.2) is 47.6 Å². The van der Waals surface area contributed by atoms with Crippen molar-refractivity contribution in [1.29, 1.82) is 0 Å². The van der Waals surface area contributed by atoms with Gasteiger partial charge in [0.05, 0.1) is 10.8 Å². The Balaban J connectivity index is 1.49. The molecule has 1 aromatic carbocycles. The number of piperidine rings is 1. The molecule has 8 heteroatoms. The smallest absolute Gasteiger partial charge is 0.243 e. The molecule has 1 aliphatic heterocycles. The predicted octanol–water partition coefficient (Wildman–Crippen LogP) is 3.33. The lowest BCUT2D eigenvalue weighted by atomic mass is 9.97. The number of hydrogen-bond donors (Lipinski definition) is 0. The van der Waals surface area contributed by atoms with E-state index < -0.39 is 10.0 Å². The van der Waals surface area contributed by atoms with E-state index in [9.17, 15) is 13.2 Å². The lowest BCUT2D eigenvalue weighted by molar-refractivity contribution is -0.138. The highest BCUT2D eigenvalue weighted by Crippen LogP contribution is 2.32. The van der Waals surface area contributed by atoms with E-state index in [1.54, 1.807) is 24.5 Å². The van der Waals surface area contributed by atoms with E-state index in [0.29, 0.717) is 31.0 Å². The Morgan fingerprint density at radius 1 is 1.10 bits per heavy atom. The van der Waals surface area contributed by atoms with Crippen LogP contribution < -0.4 is 0 Å². The molecule has 4 rings (SSSR count). The van der Waals surface area contributed by atoms with Gasteiger partial charge in [-0.05, 0) is 67.6 Å². The average molecular weight is 434 g/mol. The zero-order valence-corrected chi connectivity index (χ0v) is 17.6. The van der Waals surface area contributed by atoms with Crippen molar-refractivity contribution >= 4 is 27.5 Å². The summed E-state index contributed by atoms with van der Waals surface area (Å²) in [6, 6.07) is 10.3. The normalized spacial score (nSPS) is 20.4. The molecule has 2 aliphatic rings. The van der Waals surface area contributed by atoms with Crippen LogP contribution in [0.25, 0.3) is 0 Å². The Hall–Kier alpha value is -1.96. The van der Waals surface area contributed by atoms with Gasteiger partial charge in [-0.15, -0.1) is 0 Å². The Morgan fingerprint density at radius 2 is 1.79 bits per heavy atom. The SMILES string of the molecule is O=C(C1CCCN(S(=O)(=O)c2ccc(Cl)cc2)C1)N(Cc1ccncc1)C1CC1. The topological polar surface area (TPSA) is 70.6 Å². The third-order valence-electron chi connectivity index (χ3n) is 5.56. The molecule has 1 amide bonds. The molecule has 0 spiro atoms. The Morgan fingerprint density at radius 3 is 2.45 bits per heavy atom. The summed E-state index contributed by atoms with van der Waals surface area (Å²) in [5.41, 5.74) is 1.04. The van der Waals surface area contributed by atoms with Crippen molar-refractivity contribution in [2.45, 2.75) is 43.2 Å². The minimum absolute atomic E-state index is 0.0559. The zero-order valence-electron chi connectivity index (χ0n) is 16.1. The lowest BCUT2D eigenvalue weighted by Crippen LogP contribution is -2.47. The van der Waals surface area contributed by atoms with Crippen LogP contribution in [0.4, 0.5) is 0 Å². The number of carbonyl (C=O) groups is 1. The molecule has 1 saturated heterocycles. The van der Waals surface area contributed by atoms with Gasteiger partial charge in [-0.25, -0.2) is 8.42 Å². The molecule has 0 bridgehead atoms. The van der Waals surface area contributed by atoms with Crippen LogP contribution in [-0.2, 0) is 21.4 Å². The first-order valence-corrected chi connectivity index (χ1v) is 11.7. The van der Waals surface area contributed by atoms with Gasteiger partial charge >= 0.3 is 0 Å². The number of hydrogen-bond acceptors (Lipinski definition) is 4. The van der Waals surface area contributed by atoms with E-state index in [1.807, 2.05) is 17.0 Å². The number of rotatable bonds is 6. The van der Waals surface area contributed by atoms with Crippen molar-refractivity contribution in [1.82, 2.24) is 14.2 Å². The van der Waals surface area contributed by atoms with Crippen molar-refractivity contribution in [2.24, 2.45) is 5.92 Å². The van der Waals surface area contributed by atoms with Gasteiger partial charge in [-0.1, -0.05) is 11.6 Å². The largest absolute Gasteiger partial charge is 0.335 e. The fraction of sp³-hybridized carbons (Fsp3) is 0.429. The first kappa shape index (κ1) is 20.3. The summed E-state index contributed by atoms with van der Waals surface area (Å²) in [5, 5.41) is 0.492. The summed E-state index contributed by atoms with van der Waals surface area (Å²) in [6.07, 6.45) is 6.87. The third-order valence-corrected chi connectivity index (χ3v) is 7.69. The second-order valence-electron chi connectivity index (χ2n) is 7.71. The van der Waals surface area contributed by atoms with Crippen LogP contribution in [0.3, 0.4) is 0 Å². The number of halogens is 1. The maximum absolute atomic E-state index is 13.3. The van der Waals surface area contributed by atoms with Crippen LogP contribution >= 0.6 is 11.6 Å². The van der Waals surface area contributed by atoms with Crippen LogP contribution in [0.5, 0.6) is 0 Å². The van der Waals surface area contributed by atoms with Gasteiger partial charge in [0.15, 0.2) is 0 Å². The molecule has 1 aromatic heterocycles. The first-order chi connectivity index (χ1) is 13.9. The minimum atomic E-state index is -3.64. The van der Waals surface area contributed by atoms with Crippen LogP contribution in [0, 0.1) is 5.92 Å². The molecular weight excluding hydrogens is 410 g/mol. The Bertz CT molecular complexity index is 962. The van der Waals surface area contributed by atoms with Gasteiger partial charge < -0.3 is 4.90 Å². The Labute approximate surface area is 176 Å². The minimum Gasteiger partial charge on any atom is -0.335 e. The molecule has 29 heavy (non-hydrogen) atoms. The molecule has 1 saturated carbocycles. The van der Waals surface area contributed by atoms with Crippen molar-refractivity contribution in [3.63, 3.8) is 0 Å². The van der Waals surface area contributed by atoms with Gasteiger partial charge in [0.2, 0.25) is 15.9 Å². The van der Waals surface area contributed by atoms with E-state index in [0.717, 1.165) is 18.4 Å².